The number of nitrogens with zero attached hydrogens (tertiary/aromatic N) is 1. The summed E-state index contributed by atoms with van der Waals surface area (Å²) in [6, 6.07) is 11.2. The first-order chi connectivity index (χ1) is 9.06. The Labute approximate surface area is 116 Å². The number of carbonyl (C=O) groups is 1. The molecule has 0 saturated heterocycles. The molecule has 0 heterocycles. The van der Waals surface area contributed by atoms with Crippen molar-refractivity contribution in [3.63, 3.8) is 0 Å². The van der Waals surface area contributed by atoms with E-state index in [0.717, 1.165) is 13.0 Å². The van der Waals surface area contributed by atoms with Crippen LogP contribution in [-0.2, 0) is 4.79 Å². The molecule has 3 nitrogen and oxygen atoms in total. The van der Waals surface area contributed by atoms with E-state index in [1.165, 1.54) is 5.56 Å². The molecule has 3 heteroatoms. The van der Waals surface area contributed by atoms with Gasteiger partial charge in [-0.25, -0.2) is 0 Å². The van der Waals surface area contributed by atoms with Gasteiger partial charge in [-0.05, 0) is 38.8 Å². The second-order valence-corrected chi connectivity index (χ2v) is 5.16. The van der Waals surface area contributed by atoms with Gasteiger partial charge in [-0.15, -0.1) is 0 Å². The highest BCUT2D eigenvalue weighted by atomic mass is 16.4. The van der Waals surface area contributed by atoms with Gasteiger partial charge in [-0.3, -0.25) is 9.69 Å². The molecule has 0 bridgehead atoms. The maximum absolute atomic E-state index is 10.6. The molecule has 0 aliphatic rings. The van der Waals surface area contributed by atoms with Crippen LogP contribution in [0.5, 0.6) is 0 Å². The van der Waals surface area contributed by atoms with Gasteiger partial charge in [0.15, 0.2) is 0 Å². The molecule has 0 amide bonds. The molecular weight excluding hydrogens is 238 g/mol. The van der Waals surface area contributed by atoms with Crippen molar-refractivity contribution in [3.05, 3.63) is 35.9 Å². The van der Waals surface area contributed by atoms with Crippen LogP contribution < -0.4 is 0 Å². The van der Waals surface area contributed by atoms with E-state index < -0.39 is 5.97 Å². The van der Waals surface area contributed by atoms with Crippen molar-refractivity contribution >= 4 is 5.97 Å². The molecule has 1 unspecified atom stereocenters. The Morgan fingerprint density at radius 1 is 1.26 bits per heavy atom. The molecule has 0 aliphatic heterocycles. The van der Waals surface area contributed by atoms with Crippen LogP contribution in [0.15, 0.2) is 30.3 Å². The van der Waals surface area contributed by atoms with E-state index in [0.29, 0.717) is 18.5 Å². The fourth-order valence-corrected chi connectivity index (χ4v) is 2.52. The van der Waals surface area contributed by atoms with Gasteiger partial charge < -0.3 is 5.11 Å². The summed E-state index contributed by atoms with van der Waals surface area (Å²) in [6.45, 7) is 7.36. The predicted octanol–water partition coefficient (Wildman–Crippen LogP) is 3.71. The van der Waals surface area contributed by atoms with Gasteiger partial charge in [-0.2, -0.15) is 0 Å². The maximum Gasteiger partial charge on any atom is 0.303 e. The first-order valence-corrected chi connectivity index (χ1v) is 7.08. The van der Waals surface area contributed by atoms with Crippen LogP contribution in [0.25, 0.3) is 0 Å². The van der Waals surface area contributed by atoms with Crippen LogP contribution in [0, 0.1) is 0 Å². The van der Waals surface area contributed by atoms with Crippen LogP contribution in [0.4, 0.5) is 0 Å². The molecule has 0 aromatic heterocycles. The van der Waals surface area contributed by atoms with Crippen molar-refractivity contribution in [3.8, 4) is 0 Å². The SMILES string of the molecule is CCC(c1ccccc1)N(CCCC(=O)O)C(C)C. The van der Waals surface area contributed by atoms with Gasteiger partial charge in [0.25, 0.3) is 0 Å². The van der Waals surface area contributed by atoms with E-state index in [4.69, 9.17) is 5.11 Å². The van der Waals surface area contributed by atoms with Crippen LogP contribution >= 0.6 is 0 Å². The molecule has 1 aromatic carbocycles. The van der Waals surface area contributed by atoms with Crippen LogP contribution in [-0.4, -0.2) is 28.6 Å². The summed E-state index contributed by atoms with van der Waals surface area (Å²) >= 11 is 0. The van der Waals surface area contributed by atoms with Gasteiger partial charge >= 0.3 is 5.97 Å². The normalized spacial score (nSPS) is 12.9. The number of rotatable bonds is 8. The summed E-state index contributed by atoms with van der Waals surface area (Å²) in [5.74, 6) is -0.712. The third-order valence-corrected chi connectivity index (χ3v) is 3.44. The highest BCUT2D eigenvalue weighted by molar-refractivity contribution is 5.66. The zero-order chi connectivity index (χ0) is 14.3. The standard InChI is InChI=1S/C16H25NO2/c1-4-15(14-9-6-5-7-10-14)17(13(2)3)12-8-11-16(18)19/h5-7,9-10,13,15H,4,8,11-12H2,1-3H3,(H,18,19). The summed E-state index contributed by atoms with van der Waals surface area (Å²) in [4.78, 5) is 13.0. The number of carboxylic acids is 1. The minimum Gasteiger partial charge on any atom is -0.481 e. The first kappa shape index (κ1) is 15.7. The second kappa shape index (κ2) is 7.95. The summed E-state index contributed by atoms with van der Waals surface area (Å²) < 4.78 is 0. The highest BCUT2D eigenvalue weighted by Crippen LogP contribution is 2.26. The van der Waals surface area contributed by atoms with Gasteiger partial charge in [0.05, 0.1) is 0 Å². The number of carboxylic acid groups (broad SMARTS) is 1. The molecule has 1 rings (SSSR count). The lowest BCUT2D eigenvalue weighted by Crippen LogP contribution is -2.35. The molecule has 106 valence electrons. The van der Waals surface area contributed by atoms with Crippen LogP contribution in [0.2, 0.25) is 0 Å². The van der Waals surface area contributed by atoms with Crippen molar-refractivity contribution in [2.24, 2.45) is 0 Å². The Kier molecular flexibility index (Phi) is 6.57. The van der Waals surface area contributed by atoms with E-state index in [2.05, 4.69) is 49.9 Å². The quantitative estimate of drug-likeness (QED) is 0.777. The fourth-order valence-electron chi connectivity index (χ4n) is 2.52. The minimum atomic E-state index is -0.712. The van der Waals surface area contributed by atoms with Gasteiger partial charge in [0, 0.05) is 18.5 Å². The van der Waals surface area contributed by atoms with Crippen molar-refractivity contribution in [2.45, 2.75) is 52.1 Å². The number of hydrogen-bond donors (Lipinski definition) is 1. The van der Waals surface area contributed by atoms with E-state index in [9.17, 15) is 4.79 Å². The largest absolute Gasteiger partial charge is 0.481 e. The average Bonchev–Trinajstić information content (AvgIpc) is 2.38. The Morgan fingerprint density at radius 3 is 2.37 bits per heavy atom. The van der Waals surface area contributed by atoms with E-state index in [1.54, 1.807) is 0 Å². The van der Waals surface area contributed by atoms with E-state index in [1.807, 2.05) is 6.07 Å². The number of hydrogen-bond acceptors (Lipinski definition) is 2. The topological polar surface area (TPSA) is 40.5 Å². The summed E-state index contributed by atoms with van der Waals surface area (Å²) in [6.07, 6.45) is 1.99. The first-order valence-electron chi connectivity index (χ1n) is 7.08. The third kappa shape index (κ3) is 5.03. The predicted molar refractivity (Wildman–Crippen MR) is 78.2 cm³/mol. The Bertz CT molecular complexity index is 376. The lowest BCUT2D eigenvalue weighted by molar-refractivity contribution is -0.137. The zero-order valence-corrected chi connectivity index (χ0v) is 12.2. The molecule has 19 heavy (non-hydrogen) atoms. The van der Waals surface area contributed by atoms with Crippen LogP contribution in [0.1, 0.15) is 51.6 Å². The van der Waals surface area contributed by atoms with Crippen molar-refractivity contribution in [1.29, 1.82) is 0 Å². The third-order valence-electron chi connectivity index (χ3n) is 3.44. The molecule has 1 N–H and O–H groups in total. The number of benzene rings is 1. The van der Waals surface area contributed by atoms with Gasteiger partial charge in [-0.1, -0.05) is 37.3 Å². The van der Waals surface area contributed by atoms with Gasteiger partial charge in [0.2, 0.25) is 0 Å². The van der Waals surface area contributed by atoms with E-state index in [-0.39, 0.29) is 6.42 Å². The molecule has 1 aromatic rings. The minimum absolute atomic E-state index is 0.244. The molecule has 0 radical (unpaired) electrons. The molecular formula is C16H25NO2. The monoisotopic (exact) mass is 263 g/mol. The van der Waals surface area contributed by atoms with E-state index >= 15 is 0 Å². The van der Waals surface area contributed by atoms with Gasteiger partial charge in [0.1, 0.15) is 0 Å². The average molecular weight is 263 g/mol. The second-order valence-electron chi connectivity index (χ2n) is 5.16. The van der Waals surface area contributed by atoms with Crippen molar-refractivity contribution in [1.82, 2.24) is 4.90 Å². The zero-order valence-electron chi connectivity index (χ0n) is 12.2. The maximum atomic E-state index is 10.6. The smallest absolute Gasteiger partial charge is 0.303 e. The summed E-state index contributed by atoms with van der Waals surface area (Å²) in [5.41, 5.74) is 1.31. The highest BCUT2D eigenvalue weighted by Gasteiger charge is 2.20. The Balaban J connectivity index is 2.75. The summed E-state index contributed by atoms with van der Waals surface area (Å²) in [5, 5.41) is 8.76. The Morgan fingerprint density at radius 2 is 1.89 bits per heavy atom. The van der Waals surface area contributed by atoms with Crippen molar-refractivity contribution in [2.75, 3.05) is 6.54 Å². The number of aliphatic carboxylic acids is 1. The van der Waals surface area contributed by atoms with Crippen molar-refractivity contribution < 1.29 is 9.90 Å². The lowest BCUT2D eigenvalue weighted by atomic mass is 10.0. The molecule has 0 aliphatic carbocycles. The fraction of sp³-hybridized carbons (Fsp3) is 0.562. The Hall–Kier alpha value is -1.35. The molecule has 0 fully saturated rings. The van der Waals surface area contributed by atoms with Crippen LogP contribution in [0.3, 0.4) is 0 Å². The lowest BCUT2D eigenvalue weighted by Gasteiger charge is -2.34. The summed E-state index contributed by atoms with van der Waals surface area (Å²) in [7, 11) is 0. The molecule has 0 saturated carbocycles. The molecule has 0 spiro atoms. The molecule has 1 atom stereocenters.